The average Bonchev–Trinajstić information content (AvgIpc) is 2.49. The molecule has 1 atom stereocenters. The Morgan fingerprint density at radius 1 is 1.25 bits per heavy atom. The molecule has 1 aromatic heterocycles. The van der Waals surface area contributed by atoms with Crippen LogP contribution in [0.1, 0.15) is 24.5 Å². The molecule has 2 aromatic rings. The van der Waals surface area contributed by atoms with Crippen molar-refractivity contribution in [3.05, 3.63) is 48.2 Å². The van der Waals surface area contributed by atoms with E-state index in [9.17, 15) is 4.39 Å². The minimum absolute atomic E-state index is 0.293. The van der Waals surface area contributed by atoms with Gasteiger partial charge in [0.25, 0.3) is 0 Å². The molecule has 1 fully saturated rings. The molecule has 5 heteroatoms. The maximum Gasteiger partial charge on any atom is 0.241 e. The first-order chi connectivity index (χ1) is 9.83. The van der Waals surface area contributed by atoms with Gasteiger partial charge in [-0.05, 0) is 31.5 Å². The highest BCUT2D eigenvalue weighted by atomic mass is 19.1. The smallest absolute Gasteiger partial charge is 0.241 e. The molecular formula is C15H16FN3O. The van der Waals surface area contributed by atoms with Crippen molar-refractivity contribution in [2.24, 2.45) is 0 Å². The summed E-state index contributed by atoms with van der Waals surface area (Å²) in [6, 6.07) is 6.05. The number of halogens is 1. The van der Waals surface area contributed by atoms with Crippen molar-refractivity contribution in [1.29, 1.82) is 0 Å². The molecule has 20 heavy (non-hydrogen) atoms. The fourth-order valence-electron chi connectivity index (χ4n) is 2.42. The molecule has 1 saturated heterocycles. The van der Waals surface area contributed by atoms with Crippen LogP contribution in [0.2, 0.25) is 0 Å². The van der Waals surface area contributed by atoms with Crippen molar-refractivity contribution in [3.63, 3.8) is 0 Å². The van der Waals surface area contributed by atoms with E-state index in [1.54, 1.807) is 24.5 Å². The number of ether oxygens (including phenoxy) is 1. The summed E-state index contributed by atoms with van der Waals surface area (Å²) in [5.41, 5.74) is 0.837. The van der Waals surface area contributed by atoms with Crippen molar-refractivity contribution >= 4 is 0 Å². The van der Waals surface area contributed by atoms with Gasteiger partial charge in [0.15, 0.2) is 0 Å². The van der Waals surface area contributed by atoms with Gasteiger partial charge in [-0.2, -0.15) is 0 Å². The van der Waals surface area contributed by atoms with Crippen molar-refractivity contribution in [2.75, 3.05) is 13.1 Å². The van der Waals surface area contributed by atoms with Gasteiger partial charge in [-0.15, -0.1) is 0 Å². The lowest BCUT2D eigenvalue weighted by Gasteiger charge is -2.23. The minimum Gasteiger partial charge on any atom is -0.437 e. The van der Waals surface area contributed by atoms with Crippen molar-refractivity contribution < 1.29 is 9.13 Å². The quantitative estimate of drug-likeness (QED) is 0.934. The zero-order valence-electron chi connectivity index (χ0n) is 11.1. The molecule has 0 aliphatic carbocycles. The van der Waals surface area contributed by atoms with Gasteiger partial charge >= 0.3 is 0 Å². The first-order valence-electron chi connectivity index (χ1n) is 6.78. The molecule has 4 nitrogen and oxygen atoms in total. The SMILES string of the molecule is Fc1cccc(Oc2nccnc2[C@H]2CCCNC2)c1. The third kappa shape index (κ3) is 2.93. The topological polar surface area (TPSA) is 47.0 Å². The van der Waals surface area contributed by atoms with Gasteiger partial charge in [-0.3, -0.25) is 4.98 Å². The lowest BCUT2D eigenvalue weighted by Crippen LogP contribution is -2.29. The summed E-state index contributed by atoms with van der Waals surface area (Å²) in [6.07, 6.45) is 5.43. The van der Waals surface area contributed by atoms with E-state index in [0.717, 1.165) is 31.6 Å². The third-order valence-electron chi connectivity index (χ3n) is 3.39. The summed E-state index contributed by atoms with van der Waals surface area (Å²) < 4.78 is 18.9. The first kappa shape index (κ1) is 13.0. The second kappa shape index (κ2) is 5.96. The summed E-state index contributed by atoms with van der Waals surface area (Å²) in [5, 5.41) is 3.35. The molecular weight excluding hydrogens is 257 g/mol. The predicted octanol–water partition coefficient (Wildman–Crippen LogP) is 2.88. The second-order valence-electron chi connectivity index (χ2n) is 4.85. The number of benzene rings is 1. The number of hydrogen-bond donors (Lipinski definition) is 1. The van der Waals surface area contributed by atoms with Crippen molar-refractivity contribution in [2.45, 2.75) is 18.8 Å². The largest absolute Gasteiger partial charge is 0.437 e. The van der Waals surface area contributed by atoms with Gasteiger partial charge in [-0.1, -0.05) is 6.07 Å². The highest BCUT2D eigenvalue weighted by Gasteiger charge is 2.21. The molecule has 3 rings (SSSR count). The molecule has 0 bridgehead atoms. The Balaban J connectivity index is 1.85. The average molecular weight is 273 g/mol. The maximum atomic E-state index is 13.2. The van der Waals surface area contributed by atoms with Crippen LogP contribution in [0.3, 0.4) is 0 Å². The highest BCUT2D eigenvalue weighted by molar-refractivity contribution is 5.31. The van der Waals surface area contributed by atoms with E-state index in [1.807, 2.05) is 0 Å². The Labute approximate surface area is 117 Å². The summed E-state index contributed by atoms with van der Waals surface area (Å²) in [7, 11) is 0. The molecule has 0 radical (unpaired) electrons. The molecule has 0 unspecified atom stereocenters. The van der Waals surface area contributed by atoms with Crippen LogP contribution < -0.4 is 10.1 Å². The van der Waals surface area contributed by atoms with Crippen molar-refractivity contribution in [3.8, 4) is 11.6 Å². The van der Waals surface area contributed by atoms with Gasteiger partial charge < -0.3 is 10.1 Å². The fraction of sp³-hybridized carbons (Fsp3) is 0.333. The van der Waals surface area contributed by atoms with Crippen LogP contribution in [0, 0.1) is 5.82 Å². The van der Waals surface area contributed by atoms with Crippen LogP contribution in [0.4, 0.5) is 4.39 Å². The van der Waals surface area contributed by atoms with E-state index >= 15 is 0 Å². The molecule has 0 spiro atoms. The molecule has 1 N–H and O–H groups in total. The molecule has 1 aromatic carbocycles. The molecule has 104 valence electrons. The van der Waals surface area contributed by atoms with E-state index < -0.39 is 0 Å². The monoisotopic (exact) mass is 273 g/mol. The predicted molar refractivity (Wildman–Crippen MR) is 73.4 cm³/mol. The molecule has 0 saturated carbocycles. The standard InChI is InChI=1S/C15H16FN3O/c16-12-4-1-5-13(9-12)20-15-14(18-7-8-19-15)11-3-2-6-17-10-11/h1,4-5,7-9,11,17H,2-3,6,10H2/t11-/m0/s1. The first-order valence-corrected chi connectivity index (χ1v) is 6.78. The zero-order chi connectivity index (χ0) is 13.8. The van der Waals surface area contributed by atoms with E-state index in [2.05, 4.69) is 15.3 Å². The number of rotatable bonds is 3. The van der Waals surface area contributed by atoms with Crippen LogP contribution in [-0.4, -0.2) is 23.1 Å². The molecule has 1 aliphatic rings. The summed E-state index contributed by atoms with van der Waals surface area (Å²) >= 11 is 0. The van der Waals surface area contributed by atoms with E-state index in [-0.39, 0.29) is 5.82 Å². The minimum atomic E-state index is -0.327. The summed E-state index contributed by atoms with van der Waals surface area (Å²) in [4.78, 5) is 8.64. The van der Waals surface area contributed by atoms with Gasteiger partial charge in [0, 0.05) is 30.9 Å². The number of nitrogens with one attached hydrogen (secondary N) is 1. The van der Waals surface area contributed by atoms with Crippen LogP contribution in [0.25, 0.3) is 0 Å². The third-order valence-corrected chi connectivity index (χ3v) is 3.39. The second-order valence-corrected chi connectivity index (χ2v) is 4.85. The maximum absolute atomic E-state index is 13.2. The van der Waals surface area contributed by atoms with Gasteiger partial charge in [0.2, 0.25) is 5.88 Å². The summed E-state index contributed by atoms with van der Waals surface area (Å²) in [6.45, 7) is 1.91. The number of hydrogen-bond acceptors (Lipinski definition) is 4. The number of aromatic nitrogens is 2. The number of nitrogens with zero attached hydrogens (tertiary/aromatic N) is 2. The van der Waals surface area contributed by atoms with Crippen LogP contribution in [-0.2, 0) is 0 Å². The Bertz CT molecular complexity index is 585. The molecule has 0 amide bonds. The Morgan fingerprint density at radius 3 is 2.95 bits per heavy atom. The van der Waals surface area contributed by atoms with Crippen LogP contribution in [0.5, 0.6) is 11.6 Å². The summed E-state index contributed by atoms with van der Waals surface area (Å²) in [5.74, 6) is 0.871. The van der Waals surface area contributed by atoms with E-state index in [0.29, 0.717) is 17.5 Å². The van der Waals surface area contributed by atoms with E-state index in [1.165, 1.54) is 12.1 Å². The zero-order valence-corrected chi connectivity index (χ0v) is 11.1. The lowest BCUT2D eigenvalue weighted by atomic mass is 9.96. The lowest BCUT2D eigenvalue weighted by molar-refractivity contribution is 0.410. The molecule has 2 heterocycles. The highest BCUT2D eigenvalue weighted by Crippen LogP contribution is 2.30. The Morgan fingerprint density at radius 2 is 2.15 bits per heavy atom. The van der Waals surface area contributed by atoms with Crippen LogP contribution in [0.15, 0.2) is 36.7 Å². The number of piperidine rings is 1. The Kier molecular flexibility index (Phi) is 3.87. The van der Waals surface area contributed by atoms with Crippen molar-refractivity contribution in [1.82, 2.24) is 15.3 Å². The Hall–Kier alpha value is -2.01. The van der Waals surface area contributed by atoms with Gasteiger partial charge in [0.05, 0.1) is 0 Å². The molecule has 1 aliphatic heterocycles. The fourth-order valence-corrected chi connectivity index (χ4v) is 2.42. The van der Waals surface area contributed by atoms with Crippen LogP contribution >= 0.6 is 0 Å². The van der Waals surface area contributed by atoms with Gasteiger partial charge in [0.1, 0.15) is 17.3 Å². The van der Waals surface area contributed by atoms with E-state index in [4.69, 9.17) is 4.74 Å². The normalized spacial score (nSPS) is 18.8. The van der Waals surface area contributed by atoms with Gasteiger partial charge in [-0.25, -0.2) is 9.37 Å².